The first-order valence-corrected chi connectivity index (χ1v) is 9.20. The molecule has 2 amide bonds. The van der Waals surface area contributed by atoms with Crippen LogP contribution in [0, 0.1) is 11.3 Å². The normalized spacial score (nSPS) is 18.2. The molecule has 8 heteroatoms. The highest BCUT2D eigenvalue weighted by Crippen LogP contribution is 2.53. The van der Waals surface area contributed by atoms with Gasteiger partial charge in [0, 0.05) is 36.7 Å². The van der Waals surface area contributed by atoms with Crippen LogP contribution in [0.15, 0.2) is 30.9 Å². The second-order valence-electron chi connectivity index (χ2n) is 7.60. The molecule has 0 radical (unpaired) electrons. The van der Waals surface area contributed by atoms with E-state index in [1.807, 2.05) is 0 Å². The lowest BCUT2D eigenvalue weighted by Gasteiger charge is -2.59. The van der Waals surface area contributed by atoms with Crippen molar-refractivity contribution in [3.63, 3.8) is 0 Å². The number of hydrogen-bond acceptors (Lipinski definition) is 3. The lowest BCUT2D eigenvalue weighted by molar-refractivity contribution is -0.151. The minimum atomic E-state index is -4.52. The molecule has 0 aromatic heterocycles. The molecule has 1 saturated carbocycles. The van der Waals surface area contributed by atoms with E-state index in [1.165, 1.54) is 12.1 Å². The van der Waals surface area contributed by atoms with Crippen molar-refractivity contribution in [3.05, 3.63) is 36.4 Å². The predicted molar refractivity (Wildman–Crippen MR) is 97.8 cm³/mol. The Balaban J connectivity index is 1.54. The van der Waals surface area contributed by atoms with Gasteiger partial charge < -0.3 is 15.0 Å². The number of benzene rings is 1. The SMILES string of the molecule is C=CC(=O)N1CC2(CC(CC(=O)Nc3cc(OCC)cc(C(F)(F)F)c3)C2)C1. The number of rotatable bonds is 6. The van der Waals surface area contributed by atoms with Gasteiger partial charge in [0.25, 0.3) is 0 Å². The summed E-state index contributed by atoms with van der Waals surface area (Å²) in [5, 5.41) is 2.56. The number of anilines is 1. The summed E-state index contributed by atoms with van der Waals surface area (Å²) < 4.78 is 44.3. The first kappa shape index (κ1) is 20.2. The van der Waals surface area contributed by atoms with Crippen LogP contribution in [-0.2, 0) is 15.8 Å². The van der Waals surface area contributed by atoms with Crippen LogP contribution in [0.25, 0.3) is 0 Å². The Morgan fingerprint density at radius 1 is 1.32 bits per heavy atom. The number of hydrogen-bond donors (Lipinski definition) is 1. The van der Waals surface area contributed by atoms with Crippen LogP contribution in [0.5, 0.6) is 5.75 Å². The molecule has 2 aliphatic rings. The van der Waals surface area contributed by atoms with Crippen molar-refractivity contribution in [1.82, 2.24) is 4.90 Å². The first-order valence-electron chi connectivity index (χ1n) is 9.20. The van der Waals surface area contributed by atoms with Gasteiger partial charge in [-0.05, 0) is 43.9 Å². The second kappa shape index (κ2) is 7.48. The number of nitrogens with one attached hydrogen (secondary N) is 1. The smallest absolute Gasteiger partial charge is 0.416 e. The van der Waals surface area contributed by atoms with Crippen molar-refractivity contribution in [1.29, 1.82) is 0 Å². The molecule has 1 aliphatic heterocycles. The van der Waals surface area contributed by atoms with Crippen LogP contribution < -0.4 is 10.1 Å². The van der Waals surface area contributed by atoms with E-state index >= 15 is 0 Å². The monoisotopic (exact) mass is 396 g/mol. The summed E-state index contributed by atoms with van der Waals surface area (Å²) >= 11 is 0. The molecule has 152 valence electrons. The van der Waals surface area contributed by atoms with Crippen molar-refractivity contribution < 1.29 is 27.5 Å². The fourth-order valence-electron chi connectivity index (χ4n) is 4.17. The van der Waals surface area contributed by atoms with Gasteiger partial charge in [-0.2, -0.15) is 13.2 Å². The Morgan fingerprint density at radius 2 is 2.00 bits per heavy atom. The van der Waals surface area contributed by atoms with Crippen LogP contribution in [0.4, 0.5) is 18.9 Å². The molecule has 1 aromatic rings. The Bertz CT molecular complexity index is 777. The highest BCUT2D eigenvalue weighted by molar-refractivity contribution is 5.91. The zero-order valence-corrected chi connectivity index (χ0v) is 15.6. The minimum absolute atomic E-state index is 0.0664. The van der Waals surface area contributed by atoms with Crippen LogP contribution in [0.1, 0.15) is 31.7 Å². The molecule has 1 aliphatic carbocycles. The number of alkyl halides is 3. The number of ether oxygens (including phenoxy) is 1. The van der Waals surface area contributed by atoms with Crippen molar-refractivity contribution >= 4 is 17.5 Å². The summed E-state index contributed by atoms with van der Waals surface area (Å²) in [5.74, 6) is -0.156. The molecule has 5 nitrogen and oxygen atoms in total. The van der Waals surface area contributed by atoms with E-state index < -0.39 is 11.7 Å². The van der Waals surface area contributed by atoms with Crippen molar-refractivity contribution in [2.75, 3.05) is 25.0 Å². The van der Waals surface area contributed by atoms with Crippen LogP contribution >= 0.6 is 0 Å². The summed E-state index contributed by atoms with van der Waals surface area (Å²) in [7, 11) is 0. The molecule has 3 rings (SSSR count). The van der Waals surface area contributed by atoms with E-state index in [1.54, 1.807) is 11.8 Å². The number of carbonyl (C=O) groups excluding carboxylic acids is 2. The number of likely N-dealkylation sites (tertiary alicyclic amines) is 1. The number of nitrogens with zero attached hydrogens (tertiary/aromatic N) is 1. The van der Waals surface area contributed by atoms with E-state index in [9.17, 15) is 22.8 Å². The third kappa shape index (κ3) is 4.31. The van der Waals surface area contributed by atoms with Crippen LogP contribution in [0.3, 0.4) is 0 Å². The molecular weight excluding hydrogens is 373 g/mol. The van der Waals surface area contributed by atoms with Gasteiger partial charge in [0.1, 0.15) is 5.75 Å². The molecule has 2 fully saturated rings. The largest absolute Gasteiger partial charge is 0.494 e. The minimum Gasteiger partial charge on any atom is -0.494 e. The fraction of sp³-hybridized carbons (Fsp3) is 0.500. The number of carbonyl (C=O) groups is 2. The second-order valence-corrected chi connectivity index (χ2v) is 7.60. The maximum Gasteiger partial charge on any atom is 0.416 e. The maximum atomic E-state index is 13.0. The maximum absolute atomic E-state index is 13.0. The highest BCUT2D eigenvalue weighted by Gasteiger charge is 2.53. The third-order valence-electron chi connectivity index (χ3n) is 5.28. The van der Waals surface area contributed by atoms with Gasteiger partial charge in [0.2, 0.25) is 11.8 Å². The van der Waals surface area contributed by atoms with E-state index in [0.717, 1.165) is 25.0 Å². The standard InChI is InChI=1S/C20H23F3N2O3/c1-3-18(27)25-11-19(12-25)9-13(10-19)5-17(26)24-15-6-14(20(21,22)23)7-16(8-15)28-4-2/h3,6-8,13H,1,4-5,9-12H2,2H3,(H,24,26). The Morgan fingerprint density at radius 3 is 2.57 bits per heavy atom. The quantitative estimate of drug-likeness (QED) is 0.743. The summed E-state index contributed by atoms with van der Waals surface area (Å²) in [4.78, 5) is 25.5. The molecule has 0 bridgehead atoms. The number of amides is 2. The Kier molecular flexibility index (Phi) is 5.41. The third-order valence-corrected chi connectivity index (χ3v) is 5.28. The molecule has 1 saturated heterocycles. The molecular formula is C20H23F3N2O3. The fourth-order valence-corrected chi connectivity index (χ4v) is 4.17. The lowest BCUT2D eigenvalue weighted by atomic mass is 9.57. The topological polar surface area (TPSA) is 58.6 Å². The zero-order valence-electron chi connectivity index (χ0n) is 15.6. The van der Waals surface area contributed by atoms with Crippen molar-refractivity contribution in [2.45, 2.75) is 32.4 Å². The van der Waals surface area contributed by atoms with Gasteiger partial charge in [-0.25, -0.2) is 0 Å². The van der Waals surface area contributed by atoms with Gasteiger partial charge in [0.05, 0.1) is 12.2 Å². The average molecular weight is 396 g/mol. The van der Waals surface area contributed by atoms with Crippen LogP contribution in [0.2, 0.25) is 0 Å². The van der Waals surface area contributed by atoms with Gasteiger partial charge >= 0.3 is 6.18 Å². The van der Waals surface area contributed by atoms with E-state index in [4.69, 9.17) is 4.74 Å². The highest BCUT2D eigenvalue weighted by atomic mass is 19.4. The van der Waals surface area contributed by atoms with Gasteiger partial charge in [-0.15, -0.1) is 0 Å². The molecule has 1 spiro atoms. The van der Waals surface area contributed by atoms with E-state index in [0.29, 0.717) is 13.1 Å². The van der Waals surface area contributed by atoms with E-state index in [2.05, 4.69) is 11.9 Å². The molecule has 1 aromatic carbocycles. The van der Waals surface area contributed by atoms with Crippen molar-refractivity contribution in [3.8, 4) is 5.75 Å². The van der Waals surface area contributed by atoms with E-state index in [-0.39, 0.29) is 47.6 Å². The average Bonchev–Trinajstić information content (AvgIpc) is 2.54. The predicted octanol–water partition coefficient (Wildman–Crippen LogP) is 3.86. The van der Waals surface area contributed by atoms with Gasteiger partial charge in [-0.1, -0.05) is 6.58 Å². The summed E-state index contributed by atoms with van der Waals surface area (Å²) in [6, 6.07) is 3.22. The Labute approximate surface area is 161 Å². The summed E-state index contributed by atoms with van der Waals surface area (Å²) in [6.07, 6.45) is -1.30. The van der Waals surface area contributed by atoms with Gasteiger partial charge in [-0.3, -0.25) is 9.59 Å². The number of halogens is 3. The Hall–Kier alpha value is -2.51. The summed E-state index contributed by atoms with van der Waals surface area (Å²) in [6.45, 7) is 6.73. The molecule has 1 heterocycles. The van der Waals surface area contributed by atoms with Crippen molar-refractivity contribution in [2.24, 2.45) is 11.3 Å². The van der Waals surface area contributed by atoms with Crippen LogP contribution in [-0.4, -0.2) is 36.4 Å². The first-order chi connectivity index (χ1) is 13.1. The lowest BCUT2D eigenvalue weighted by Crippen LogP contribution is -2.63. The molecule has 0 unspecified atom stereocenters. The molecule has 0 atom stereocenters. The summed E-state index contributed by atoms with van der Waals surface area (Å²) in [5.41, 5.74) is -0.691. The van der Waals surface area contributed by atoms with Gasteiger partial charge in [0.15, 0.2) is 0 Å². The molecule has 28 heavy (non-hydrogen) atoms. The zero-order chi connectivity index (χ0) is 20.5. The molecule has 1 N–H and O–H groups in total.